The van der Waals surface area contributed by atoms with Crippen LogP contribution in [-0.2, 0) is 0 Å². The minimum absolute atomic E-state index is 0.529. The zero-order chi connectivity index (χ0) is 86.6. The molecule has 132 heavy (non-hydrogen) atoms. The molecule has 6 heterocycles. The van der Waals surface area contributed by atoms with E-state index in [1.54, 1.807) is 0 Å². The van der Waals surface area contributed by atoms with Crippen molar-refractivity contribution in [3.8, 4) is 23.0 Å². The first-order chi connectivity index (χ1) is 65.4. The topological polar surface area (TPSA) is 102 Å². The van der Waals surface area contributed by atoms with Crippen LogP contribution in [0.25, 0.3) is 174 Å². The second-order valence-electron chi connectivity index (χ2n) is 34.2. The third-order valence-electron chi connectivity index (χ3n) is 26.6. The number of rotatable bonds is 12. The molecule has 624 valence electrons. The van der Waals surface area contributed by atoms with Crippen molar-refractivity contribution in [2.75, 3.05) is 46.0 Å². The highest BCUT2D eigenvalue weighted by molar-refractivity contribution is 6.29. The van der Waals surface area contributed by atoms with Gasteiger partial charge in [0.1, 0.15) is 71.1 Å². The van der Waals surface area contributed by atoms with E-state index < -0.39 is 0 Å². The highest BCUT2D eigenvalue weighted by atomic mass is 16.6. The monoisotopic (exact) mass is 1700 g/mol. The van der Waals surface area contributed by atoms with Crippen LogP contribution in [-0.4, -0.2) is 26.4 Å². The summed E-state index contributed by atoms with van der Waals surface area (Å²) in [6.07, 6.45) is 0. The fourth-order valence-electron chi connectivity index (χ4n) is 20.5. The van der Waals surface area contributed by atoms with Gasteiger partial charge in [0.2, 0.25) is 0 Å². The molecule has 12 nitrogen and oxygen atoms in total. The molecule has 0 aliphatic carbocycles. The van der Waals surface area contributed by atoms with Crippen LogP contribution in [0.2, 0.25) is 0 Å². The van der Waals surface area contributed by atoms with Crippen LogP contribution >= 0.6 is 0 Å². The lowest BCUT2D eigenvalue weighted by Gasteiger charge is -2.27. The SMILES string of the molecule is c1ccc(N(c2ccc3c(c2)OCCO3)c2ccc3c(ccc4c5ccc6oc7c8ccc(N(c9ccccc9)c9ccc%10c(c9)OCCO%10)cc8ccc7c6c5oc34)c2)cc1.c1ccc2cc(N(c3ccc4c(ccc5c6ccc7oc8c9ccc(N(c%10ccc%11ccccc%11c%10)c%10cccc%11ccccc%10%11)cc9ccc8c7c6oc45)c3)c3cccc4ccccc34)ccc2c1. The van der Waals surface area contributed by atoms with Gasteiger partial charge in [0.05, 0.1) is 33.5 Å². The number of nitrogens with zero attached hydrogens (tertiary/aromatic N) is 4. The summed E-state index contributed by atoms with van der Waals surface area (Å²) in [5.41, 5.74) is 19.3. The summed E-state index contributed by atoms with van der Waals surface area (Å²) in [4.78, 5) is 9.25. The molecule has 0 saturated heterocycles. The first-order valence-electron chi connectivity index (χ1n) is 44.8. The van der Waals surface area contributed by atoms with E-state index in [1.807, 2.05) is 24.3 Å². The van der Waals surface area contributed by atoms with Gasteiger partial charge in [-0.05, 0) is 260 Å². The lowest BCUT2D eigenvalue weighted by Crippen LogP contribution is -2.16. The molecule has 0 amide bonds. The van der Waals surface area contributed by atoms with E-state index >= 15 is 0 Å². The largest absolute Gasteiger partial charge is 0.486 e. The van der Waals surface area contributed by atoms with Crippen molar-refractivity contribution in [3.63, 3.8) is 0 Å². The standard InChI is InChI=1S/C66H40N2O2.C54H36N2O6/c1-3-15-45-37-49(27-23-41(45)11-1)67(60-21-9-17-43-13-5-7-19-53(43)60)51-29-33-55-47(39-51)25-31-57-58-35-36-62-63(66(58)70-64(55)57)59-32-26-48-40-52(30-34-56(48)65(59)69-62)68(50-28-24-42-12-2-4-16-46(42)38-50)61-22-10-18-44-14-6-8-20-54(44)61;1-3-7-35(8-4-1)55(39-15-22-46-49(31-39)59-27-25-57-46)37-13-19-41-33(29-37)11-17-43-44-21-24-48-51(54(44)62-52(41)43)45-18-12-34-30-38(14-20-42(34)53(45)61-48)56(36-9-5-2-6-10-36)40-16-23-47-50(32-40)60-28-26-58-47/h1-40H;1-24,29-32H,25-28H2. The van der Waals surface area contributed by atoms with E-state index in [1.165, 1.54) is 43.1 Å². The van der Waals surface area contributed by atoms with E-state index in [0.717, 1.165) is 222 Å². The number of hydrogen-bond acceptors (Lipinski definition) is 12. The predicted molar refractivity (Wildman–Crippen MR) is 543 cm³/mol. The molecule has 0 fully saturated rings. The van der Waals surface area contributed by atoms with Gasteiger partial charge in [-0.2, -0.15) is 0 Å². The summed E-state index contributed by atoms with van der Waals surface area (Å²) in [7, 11) is 0. The van der Waals surface area contributed by atoms with E-state index in [4.69, 9.17) is 36.6 Å². The number of fused-ring (bicyclic) bond motifs is 28. The molecule has 26 aromatic rings. The van der Waals surface area contributed by atoms with Gasteiger partial charge in [0.15, 0.2) is 23.0 Å². The number of hydrogen-bond donors (Lipinski definition) is 0. The van der Waals surface area contributed by atoms with Crippen molar-refractivity contribution < 1.29 is 36.6 Å². The Morgan fingerprint density at radius 1 is 0.152 bits per heavy atom. The van der Waals surface area contributed by atoms with Gasteiger partial charge in [-0.15, -0.1) is 0 Å². The van der Waals surface area contributed by atoms with E-state index in [0.29, 0.717) is 26.4 Å². The van der Waals surface area contributed by atoms with Crippen LogP contribution in [0.4, 0.5) is 68.2 Å². The predicted octanol–water partition coefficient (Wildman–Crippen LogP) is 33.6. The summed E-state index contributed by atoms with van der Waals surface area (Å²) >= 11 is 0. The molecule has 0 bridgehead atoms. The van der Waals surface area contributed by atoms with E-state index in [2.05, 4.69) is 408 Å². The second-order valence-corrected chi connectivity index (χ2v) is 34.2. The van der Waals surface area contributed by atoms with E-state index in [-0.39, 0.29) is 0 Å². The maximum Gasteiger partial charge on any atom is 0.163 e. The minimum atomic E-state index is 0.529. The van der Waals surface area contributed by atoms with Gasteiger partial charge in [-0.1, -0.05) is 194 Å². The first-order valence-corrected chi connectivity index (χ1v) is 44.8. The van der Waals surface area contributed by atoms with Crippen LogP contribution < -0.4 is 38.5 Å². The molecule has 0 spiro atoms. The molecule has 0 saturated carbocycles. The summed E-state index contributed by atoms with van der Waals surface area (Å²) in [6, 6.07) is 147. The average Bonchev–Trinajstić information content (AvgIpc) is 1.56. The van der Waals surface area contributed by atoms with Gasteiger partial charge < -0.3 is 56.2 Å². The Morgan fingerprint density at radius 2 is 0.432 bits per heavy atom. The maximum atomic E-state index is 7.07. The molecule has 22 aromatic carbocycles. The Morgan fingerprint density at radius 3 is 0.841 bits per heavy atom. The van der Waals surface area contributed by atoms with Crippen LogP contribution in [0, 0.1) is 0 Å². The molecule has 28 rings (SSSR count). The molecule has 12 heteroatoms. The Balaban J connectivity index is 0.000000136. The van der Waals surface area contributed by atoms with Gasteiger partial charge in [-0.3, -0.25) is 0 Å². The third-order valence-corrected chi connectivity index (χ3v) is 26.6. The smallest absolute Gasteiger partial charge is 0.163 e. The summed E-state index contributed by atoms with van der Waals surface area (Å²) in [5, 5.41) is 26.4. The maximum absolute atomic E-state index is 7.07. The lowest BCUT2D eigenvalue weighted by molar-refractivity contribution is 0.171. The van der Waals surface area contributed by atoms with Crippen molar-refractivity contribution >= 4 is 242 Å². The molecular formula is C120H76N4O8. The van der Waals surface area contributed by atoms with Crippen LogP contribution in [0.1, 0.15) is 0 Å². The number of ether oxygens (including phenoxy) is 4. The fraction of sp³-hybridized carbons (Fsp3) is 0.0333. The van der Waals surface area contributed by atoms with Gasteiger partial charge >= 0.3 is 0 Å². The van der Waals surface area contributed by atoms with Crippen molar-refractivity contribution in [1.82, 2.24) is 0 Å². The Hall–Kier alpha value is -17.5. The van der Waals surface area contributed by atoms with Gasteiger partial charge in [0.25, 0.3) is 0 Å². The third kappa shape index (κ3) is 12.2. The molecule has 0 radical (unpaired) electrons. The number of para-hydroxylation sites is 2. The van der Waals surface area contributed by atoms with Crippen molar-refractivity contribution in [1.29, 1.82) is 0 Å². The fourth-order valence-corrected chi connectivity index (χ4v) is 20.5. The highest BCUT2D eigenvalue weighted by Gasteiger charge is 2.28. The first kappa shape index (κ1) is 74.7. The number of furan rings is 4. The zero-order valence-corrected chi connectivity index (χ0v) is 71.1. The molecule has 2 aliphatic rings. The Bertz CT molecular complexity index is 9250. The summed E-state index contributed by atoms with van der Waals surface area (Å²) in [6.45, 7) is 2.16. The molecule has 0 atom stereocenters. The molecule has 0 N–H and O–H groups in total. The second kappa shape index (κ2) is 30.1. The van der Waals surface area contributed by atoms with Crippen LogP contribution in [0.15, 0.2) is 430 Å². The van der Waals surface area contributed by atoms with Crippen LogP contribution in [0.5, 0.6) is 23.0 Å². The van der Waals surface area contributed by atoms with Gasteiger partial charge in [0, 0.05) is 122 Å². The number of anilines is 12. The lowest BCUT2D eigenvalue weighted by atomic mass is 10.0. The summed E-state index contributed by atoms with van der Waals surface area (Å²) in [5.74, 6) is 3.02. The molecule has 2 aliphatic heterocycles. The van der Waals surface area contributed by atoms with Crippen molar-refractivity contribution in [2.24, 2.45) is 0 Å². The Kier molecular flexibility index (Phi) is 17.0. The zero-order valence-electron chi connectivity index (χ0n) is 71.1. The average molecular weight is 1700 g/mol. The summed E-state index contributed by atoms with van der Waals surface area (Å²) < 4.78 is 51.2. The van der Waals surface area contributed by atoms with Crippen LogP contribution in [0.3, 0.4) is 0 Å². The quantitative estimate of drug-likeness (QED) is 0.116. The van der Waals surface area contributed by atoms with E-state index in [9.17, 15) is 0 Å². The highest BCUT2D eigenvalue weighted by Crippen LogP contribution is 2.52. The molecular weight excluding hydrogens is 1630 g/mol. The normalized spacial score (nSPS) is 12.7. The Labute approximate surface area is 755 Å². The van der Waals surface area contributed by atoms with Crippen molar-refractivity contribution in [3.05, 3.63) is 413 Å². The van der Waals surface area contributed by atoms with Gasteiger partial charge in [-0.25, -0.2) is 0 Å². The molecule has 4 aromatic heterocycles. The minimum Gasteiger partial charge on any atom is -0.486 e. The number of benzene rings is 22. The molecule has 0 unspecified atom stereocenters. The van der Waals surface area contributed by atoms with Crippen molar-refractivity contribution in [2.45, 2.75) is 0 Å².